The Balaban J connectivity index is 1.30. The molecule has 0 spiro atoms. The van der Waals surface area contributed by atoms with Crippen molar-refractivity contribution < 1.29 is 4.74 Å². The molecule has 1 aromatic rings. The van der Waals surface area contributed by atoms with Gasteiger partial charge in [0.2, 0.25) is 0 Å². The standard InChI is InChI=1S/C35H46INO/c1-6-7-12-32-25-36(5)26-35(32,4)38-33-13-8-11-30-20-21-31(34(30)33)19-18-29-16-14-28(15-17-29)10-9-23-37-24-22-27(2)3/h1,7-8,11-16,21,29,32,37H,2,9-10,17-20,22-26H2,3-5H3. The molecule has 38 heavy (non-hydrogen) atoms. The van der Waals surface area contributed by atoms with Crippen LogP contribution in [0.4, 0.5) is 0 Å². The number of rotatable bonds is 13. The first-order valence-electron chi connectivity index (χ1n) is 14.2. The summed E-state index contributed by atoms with van der Waals surface area (Å²) in [5.41, 5.74) is 6.86. The fraction of sp³-hybridized carbons (Fsp3) is 0.486. The van der Waals surface area contributed by atoms with Gasteiger partial charge in [-0.1, -0.05) is 5.57 Å². The van der Waals surface area contributed by atoms with Crippen LogP contribution >= 0.6 is 19.8 Å². The molecule has 2 nitrogen and oxygen atoms in total. The molecule has 3 aliphatic rings. The predicted octanol–water partition coefficient (Wildman–Crippen LogP) is 8.34. The van der Waals surface area contributed by atoms with Crippen molar-refractivity contribution in [3.63, 3.8) is 0 Å². The van der Waals surface area contributed by atoms with Crippen molar-refractivity contribution in [2.24, 2.45) is 11.8 Å². The van der Waals surface area contributed by atoms with Crippen LogP contribution in [0.15, 0.2) is 72.4 Å². The van der Waals surface area contributed by atoms with Crippen LogP contribution in [0.1, 0.15) is 63.5 Å². The average molecular weight is 624 g/mol. The molecular weight excluding hydrogens is 577 g/mol. The zero-order valence-corrected chi connectivity index (χ0v) is 25.9. The van der Waals surface area contributed by atoms with Crippen LogP contribution in [0.2, 0.25) is 0 Å². The average Bonchev–Trinajstić information content (AvgIpc) is 3.44. The molecule has 1 N–H and O–H groups in total. The summed E-state index contributed by atoms with van der Waals surface area (Å²) in [5.74, 6) is 4.81. The molecule has 0 aromatic heterocycles. The molecule has 1 fully saturated rings. The summed E-state index contributed by atoms with van der Waals surface area (Å²) in [7, 11) is 0. The van der Waals surface area contributed by atoms with Crippen LogP contribution < -0.4 is 10.1 Å². The summed E-state index contributed by atoms with van der Waals surface area (Å²) in [5, 5.41) is 3.53. The van der Waals surface area contributed by atoms with Gasteiger partial charge in [-0.15, -0.1) is 6.58 Å². The van der Waals surface area contributed by atoms with Crippen molar-refractivity contribution in [2.45, 2.75) is 64.4 Å². The van der Waals surface area contributed by atoms with Crippen molar-refractivity contribution >= 4 is 25.4 Å². The number of ether oxygens (including phenoxy) is 1. The summed E-state index contributed by atoms with van der Waals surface area (Å²) in [6, 6.07) is 6.64. The minimum atomic E-state index is -0.969. The summed E-state index contributed by atoms with van der Waals surface area (Å²) < 4.78 is 9.44. The van der Waals surface area contributed by atoms with E-state index in [2.05, 4.69) is 85.2 Å². The topological polar surface area (TPSA) is 21.3 Å². The normalized spacial score (nSPS) is 25.3. The first kappa shape index (κ1) is 29.0. The Morgan fingerprint density at radius 1 is 1.29 bits per heavy atom. The van der Waals surface area contributed by atoms with E-state index >= 15 is 0 Å². The number of nitrogens with one attached hydrogen (secondary N) is 1. The minimum absolute atomic E-state index is 0.150. The SMILES string of the molecule is C#CC=CC1CI(C)CC1(C)Oc1cccc2c1C(CCC1C=CC(CCCNCCC(=C)C)=CC1)=CC2. The molecule has 3 atom stereocenters. The van der Waals surface area contributed by atoms with E-state index in [4.69, 9.17) is 11.2 Å². The third-order valence-electron chi connectivity index (χ3n) is 8.07. The number of fused-ring (bicyclic) bond motifs is 1. The number of alkyl halides is 3. The number of hydrogen-bond donors (Lipinski definition) is 1. The van der Waals surface area contributed by atoms with Crippen molar-refractivity contribution in [3.05, 3.63) is 83.5 Å². The van der Waals surface area contributed by atoms with Gasteiger partial charge in [-0.05, 0) is 39.3 Å². The van der Waals surface area contributed by atoms with E-state index in [0.717, 1.165) is 44.5 Å². The van der Waals surface area contributed by atoms with E-state index in [1.54, 1.807) is 0 Å². The third kappa shape index (κ3) is 7.76. The monoisotopic (exact) mass is 623 g/mol. The molecule has 1 aliphatic heterocycles. The van der Waals surface area contributed by atoms with Crippen molar-refractivity contribution in [2.75, 3.05) is 26.9 Å². The zero-order chi connectivity index (χ0) is 27.0. The van der Waals surface area contributed by atoms with Crippen LogP contribution in [0.3, 0.4) is 0 Å². The van der Waals surface area contributed by atoms with Gasteiger partial charge < -0.3 is 5.32 Å². The molecule has 0 bridgehead atoms. The van der Waals surface area contributed by atoms with Crippen LogP contribution in [-0.4, -0.2) is 32.5 Å². The Labute approximate surface area is 239 Å². The molecule has 1 heterocycles. The second kappa shape index (κ2) is 13.9. The van der Waals surface area contributed by atoms with Crippen molar-refractivity contribution in [1.82, 2.24) is 5.32 Å². The Kier molecular flexibility index (Phi) is 10.6. The number of benzene rings is 1. The molecule has 0 saturated carbocycles. The maximum absolute atomic E-state index is 6.94. The second-order valence-corrected chi connectivity index (χ2v) is 17.3. The number of hydrogen-bond acceptors (Lipinski definition) is 2. The van der Waals surface area contributed by atoms with E-state index in [0.29, 0.717) is 11.8 Å². The Morgan fingerprint density at radius 3 is 2.92 bits per heavy atom. The van der Waals surface area contributed by atoms with Gasteiger partial charge in [0.1, 0.15) is 0 Å². The van der Waals surface area contributed by atoms with Gasteiger partial charge in [-0.3, -0.25) is 0 Å². The molecule has 2 aliphatic carbocycles. The molecule has 1 aromatic carbocycles. The van der Waals surface area contributed by atoms with Gasteiger partial charge in [0, 0.05) is 0 Å². The summed E-state index contributed by atoms with van der Waals surface area (Å²) >= 11 is -0.969. The Hall–Kier alpha value is -2.03. The second-order valence-electron chi connectivity index (χ2n) is 11.5. The fourth-order valence-electron chi connectivity index (χ4n) is 5.89. The van der Waals surface area contributed by atoms with Gasteiger partial charge in [-0.2, -0.15) is 0 Å². The Bertz CT molecular complexity index is 1150. The van der Waals surface area contributed by atoms with Gasteiger partial charge in [0.15, 0.2) is 0 Å². The van der Waals surface area contributed by atoms with Gasteiger partial charge in [0.05, 0.1) is 0 Å². The molecule has 0 radical (unpaired) electrons. The molecule has 1 saturated heterocycles. The predicted molar refractivity (Wildman–Crippen MR) is 174 cm³/mol. The fourth-order valence-corrected chi connectivity index (χ4v) is 12.4. The molecule has 3 unspecified atom stereocenters. The molecule has 204 valence electrons. The summed E-state index contributed by atoms with van der Waals surface area (Å²) in [6.07, 6.45) is 27.3. The van der Waals surface area contributed by atoms with E-state index < -0.39 is 19.8 Å². The molecule has 3 heteroatoms. The van der Waals surface area contributed by atoms with E-state index in [1.165, 1.54) is 56.0 Å². The third-order valence-corrected chi connectivity index (χ3v) is 13.3. The molecule has 4 rings (SSSR count). The Morgan fingerprint density at radius 2 is 2.16 bits per heavy atom. The number of terminal acetylenes is 1. The van der Waals surface area contributed by atoms with Crippen LogP contribution in [-0.2, 0) is 6.42 Å². The zero-order valence-electron chi connectivity index (χ0n) is 23.7. The first-order chi connectivity index (χ1) is 18.4. The summed E-state index contributed by atoms with van der Waals surface area (Å²) in [4.78, 5) is 2.48. The maximum atomic E-state index is 6.94. The van der Waals surface area contributed by atoms with Gasteiger partial charge in [0.25, 0.3) is 0 Å². The first-order valence-corrected chi connectivity index (χ1v) is 19.5. The van der Waals surface area contributed by atoms with Crippen LogP contribution in [0.5, 0.6) is 5.75 Å². The van der Waals surface area contributed by atoms with Crippen molar-refractivity contribution in [1.29, 1.82) is 0 Å². The van der Waals surface area contributed by atoms with Crippen LogP contribution in [0.25, 0.3) is 5.57 Å². The quantitative estimate of drug-likeness (QED) is 0.0785. The van der Waals surface area contributed by atoms with E-state index in [9.17, 15) is 0 Å². The van der Waals surface area contributed by atoms with Gasteiger partial charge >= 0.3 is 183 Å². The summed E-state index contributed by atoms with van der Waals surface area (Å²) in [6.45, 7) is 10.5. The van der Waals surface area contributed by atoms with E-state index in [-0.39, 0.29) is 5.60 Å². The van der Waals surface area contributed by atoms with Crippen LogP contribution in [0, 0.1) is 24.2 Å². The number of allylic oxidation sites excluding steroid dienone is 7. The molecule has 0 amide bonds. The molecular formula is C35H46INO. The van der Waals surface area contributed by atoms with E-state index in [1.807, 2.05) is 6.08 Å². The number of halogens is 1. The van der Waals surface area contributed by atoms with Gasteiger partial charge in [-0.25, -0.2) is 0 Å². The van der Waals surface area contributed by atoms with Crippen molar-refractivity contribution in [3.8, 4) is 18.1 Å².